The normalized spacial score (nSPS) is 17.2. The molecule has 5 heterocycles. The number of hydrogen-bond acceptors (Lipinski definition) is 7. The van der Waals surface area contributed by atoms with E-state index in [9.17, 15) is 24.3 Å². The van der Waals surface area contributed by atoms with Crippen LogP contribution in [0.3, 0.4) is 0 Å². The number of carboxylic acids is 1. The average Bonchev–Trinajstić information content (AvgIpc) is 3.63. The SMILES string of the molecule is Cc1c(C(=O)O)ccc(NC(=O)N2CCC(N3CC(CC#N)(n4cc(-c5ncnc6[nH]ccc56)cn4)C3)CC2)c1F. The number of carboxylic acid groups (broad SMARTS) is 1. The van der Waals surface area contributed by atoms with Crippen molar-refractivity contribution in [1.29, 1.82) is 5.26 Å². The van der Waals surface area contributed by atoms with Gasteiger partial charge in [0.1, 0.15) is 17.5 Å². The first-order valence-corrected chi connectivity index (χ1v) is 13.3. The molecule has 2 aliphatic rings. The third kappa shape index (κ3) is 4.66. The predicted octanol–water partition coefficient (Wildman–Crippen LogP) is 3.59. The Hall–Kier alpha value is -4.83. The number of aromatic carboxylic acids is 1. The quantitative estimate of drug-likeness (QED) is 0.325. The van der Waals surface area contributed by atoms with Crippen molar-refractivity contribution in [2.45, 2.75) is 37.8 Å². The Balaban J connectivity index is 1.08. The van der Waals surface area contributed by atoms with Gasteiger partial charge in [-0.05, 0) is 38.0 Å². The van der Waals surface area contributed by atoms with Crippen LogP contribution in [0.1, 0.15) is 35.2 Å². The number of carbonyl (C=O) groups is 2. The average molecular weight is 558 g/mol. The van der Waals surface area contributed by atoms with E-state index in [2.05, 4.69) is 36.3 Å². The smallest absolute Gasteiger partial charge is 0.336 e. The first-order chi connectivity index (χ1) is 19.8. The number of fused-ring (bicyclic) bond motifs is 1. The second kappa shape index (κ2) is 10.3. The summed E-state index contributed by atoms with van der Waals surface area (Å²) in [4.78, 5) is 39.8. The Labute approximate surface area is 234 Å². The van der Waals surface area contributed by atoms with Crippen molar-refractivity contribution in [3.8, 4) is 17.3 Å². The Kier molecular flexibility index (Phi) is 6.63. The van der Waals surface area contributed by atoms with E-state index < -0.39 is 23.4 Å². The number of aromatic nitrogens is 5. The van der Waals surface area contributed by atoms with E-state index >= 15 is 0 Å². The zero-order valence-corrected chi connectivity index (χ0v) is 22.3. The summed E-state index contributed by atoms with van der Waals surface area (Å²) < 4.78 is 16.5. The molecule has 4 aromatic rings. The lowest BCUT2D eigenvalue weighted by Crippen LogP contribution is -2.66. The minimum absolute atomic E-state index is 0.0215. The van der Waals surface area contributed by atoms with Gasteiger partial charge in [0.25, 0.3) is 0 Å². The fraction of sp³-hybridized carbons (Fsp3) is 0.357. The van der Waals surface area contributed by atoms with Crippen LogP contribution in [0, 0.1) is 24.1 Å². The van der Waals surface area contributed by atoms with E-state index in [4.69, 9.17) is 0 Å². The summed E-state index contributed by atoms with van der Waals surface area (Å²) in [5.74, 6) is -1.97. The van der Waals surface area contributed by atoms with Gasteiger partial charge in [-0.15, -0.1) is 0 Å². The van der Waals surface area contributed by atoms with Crippen molar-refractivity contribution in [2.75, 3.05) is 31.5 Å². The van der Waals surface area contributed by atoms with E-state index in [1.54, 1.807) is 11.1 Å². The van der Waals surface area contributed by atoms with Gasteiger partial charge in [-0.1, -0.05) is 0 Å². The van der Waals surface area contributed by atoms with Gasteiger partial charge in [-0.25, -0.2) is 23.9 Å². The molecular formula is C28H28FN9O3. The van der Waals surface area contributed by atoms with Crippen molar-refractivity contribution in [3.05, 3.63) is 60.1 Å². The number of nitrogens with zero attached hydrogens (tertiary/aromatic N) is 7. The molecule has 1 aromatic carbocycles. The van der Waals surface area contributed by atoms with E-state index in [-0.39, 0.29) is 22.9 Å². The molecule has 3 N–H and O–H groups in total. The van der Waals surface area contributed by atoms with Gasteiger partial charge >= 0.3 is 12.0 Å². The molecule has 0 unspecified atom stereocenters. The van der Waals surface area contributed by atoms with Crippen LogP contribution in [0.2, 0.25) is 0 Å². The number of urea groups is 1. The predicted molar refractivity (Wildman–Crippen MR) is 147 cm³/mol. The number of halogens is 1. The molecule has 12 nitrogen and oxygen atoms in total. The number of amides is 2. The topological polar surface area (TPSA) is 156 Å². The monoisotopic (exact) mass is 557 g/mol. The van der Waals surface area contributed by atoms with Crippen LogP contribution in [0.4, 0.5) is 14.9 Å². The van der Waals surface area contributed by atoms with E-state index in [0.717, 1.165) is 35.1 Å². The highest BCUT2D eigenvalue weighted by Crippen LogP contribution is 2.37. The number of aromatic amines is 1. The Morgan fingerprint density at radius 2 is 2.02 bits per heavy atom. The maximum atomic E-state index is 14.7. The zero-order valence-electron chi connectivity index (χ0n) is 22.3. The van der Waals surface area contributed by atoms with Gasteiger partial charge < -0.3 is 20.3 Å². The summed E-state index contributed by atoms with van der Waals surface area (Å²) in [7, 11) is 0. The summed E-state index contributed by atoms with van der Waals surface area (Å²) in [5, 5.41) is 26.9. The summed E-state index contributed by atoms with van der Waals surface area (Å²) in [6, 6.07) is 6.65. The summed E-state index contributed by atoms with van der Waals surface area (Å²) in [6.45, 7) is 3.71. The molecule has 0 radical (unpaired) electrons. The number of hydrogen-bond donors (Lipinski definition) is 3. The van der Waals surface area contributed by atoms with Crippen LogP contribution in [0.5, 0.6) is 0 Å². The molecule has 210 valence electrons. The lowest BCUT2D eigenvalue weighted by atomic mass is 9.84. The molecule has 3 aromatic heterocycles. The highest BCUT2D eigenvalue weighted by molar-refractivity contribution is 5.93. The summed E-state index contributed by atoms with van der Waals surface area (Å²) in [5.41, 5.74) is 1.75. The van der Waals surface area contributed by atoms with Crippen LogP contribution < -0.4 is 5.32 Å². The summed E-state index contributed by atoms with van der Waals surface area (Å²) in [6.07, 6.45) is 8.86. The van der Waals surface area contributed by atoms with E-state index in [1.807, 2.05) is 23.1 Å². The molecule has 6 rings (SSSR count). The fourth-order valence-corrected chi connectivity index (χ4v) is 5.90. The van der Waals surface area contributed by atoms with Gasteiger partial charge in [0.05, 0.1) is 35.6 Å². The number of nitriles is 1. The largest absolute Gasteiger partial charge is 0.478 e. The fourth-order valence-electron chi connectivity index (χ4n) is 5.90. The number of anilines is 1. The second-order valence-electron chi connectivity index (χ2n) is 10.7. The molecule has 13 heteroatoms. The van der Waals surface area contributed by atoms with Crippen LogP contribution in [-0.2, 0) is 5.54 Å². The van der Waals surface area contributed by atoms with Crippen molar-refractivity contribution in [3.63, 3.8) is 0 Å². The van der Waals surface area contributed by atoms with Gasteiger partial charge in [0.2, 0.25) is 0 Å². The number of benzene rings is 1. The minimum Gasteiger partial charge on any atom is -0.478 e. The lowest BCUT2D eigenvalue weighted by molar-refractivity contribution is -0.0399. The molecule has 2 fully saturated rings. The molecule has 41 heavy (non-hydrogen) atoms. The number of H-pyrrole nitrogens is 1. The number of likely N-dealkylation sites (tertiary alicyclic amines) is 2. The van der Waals surface area contributed by atoms with Crippen LogP contribution in [0.25, 0.3) is 22.3 Å². The van der Waals surface area contributed by atoms with Crippen LogP contribution in [0.15, 0.2) is 43.1 Å². The Morgan fingerprint density at radius 3 is 2.76 bits per heavy atom. The number of rotatable bonds is 6. The standard InChI is InChI=1S/C28H28FN9O3/c1-17-20(26(39)40)2-3-22(23(17)29)35-27(41)36-10-5-19(6-11-36)37-14-28(15-37,7-8-30)38-13-18(12-34-38)24-21-4-9-31-25(21)33-16-32-24/h2-4,9,12-13,16,19H,5-7,10-11,14-15H2,1H3,(H,35,41)(H,39,40)(H,31,32,33). The third-order valence-electron chi connectivity index (χ3n) is 8.23. The highest BCUT2D eigenvalue weighted by atomic mass is 19.1. The maximum Gasteiger partial charge on any atom is 0.336 e. The maximum absolute atomic E-state index is 14.7. The molecule has 0 spiro atoms. The van der Waals surface area contributed by atoms with Crippen molar-refractivity contribution in [2.24, 2.45) is 0 Å². The second-order valence-corrected chi connectivity index (χ2v) is 10.7. The van der Waals surface area contributed by atoms with Gasteiger partial charge in [-0.3, -0.25) is 9.58 Å². The molecule has 0 aliphatic carbocycles. The van der Waals surface area contributed by atoms with E-state index in [1.165, 1.54) is 25.4 Å². The molecule has 0 bridgehead atoms. The third-order valence-corrected chi connectivity index (χ3v) is 8.23. The molecular weight excluding hydrogens is 529 g/mol. The molecule has 0 saturated carbocycles. The Bertz CT molecular complexity index is 1680. The van der Waals surface area contributed by atoms with Gasteiger partial charge in [0.15, 0.2) is 5.82 Å². The first-order valence-electron chi connectivity index (χ1n) is 13.3. The van der Waals surface area contributed by atoms with Crippen molar-refractivity contribution < 1.29 is 19.1 Å². The van der Waals surface area contributed by atoms with Crippen LogP contribution >= 0.6 is 0 Å². The number of carbonyl (C=O) groups excluding carboxylic acids is 1. The molecule has 2 amide bonds. The van der Waals surface area contributed by atoms with Crippen molar-refractivity contribution >= 4 is 28.7 Å². The number of nitrogens with one attached hydrogen (secondary N) is 2. The lowest BCUT2D eigenvalue weighted by Gasteiger charge is -2.53. The van der Waals surface area contributed by atoms with Gasteiger partial charge in [-0.2, -0.15) is 10.4 Å². The Morgan fingerprint density at radius 1 is 1.24 bits per heavy atom. The molecule has 2 aliphatic heterocycles. The van der Waals surface area contributed by atoms with Gasteiger partial charge in [0, 0.05) is 61.1 Å². The minimum atomic E-state index is -1.22. The zero-order chi connectivity index (χ0) is 28.7. The number of piperidine rings is 1. The summed E-state index contributed by atoms with van der Waals surface area (Å²) >= 11 is 0. The van der Waals surface area contributed by atoms with Crippen LogP contribution in [-0.4, -0.2) is 83.9 Å². The van der Waals surface area contributed by atoms with Crippen molar-refractivity contribution in [1.82, 2.24) is 34.5 Å². The highest BCUT2D eigenvalue weighted by Gasteiger charge is 2.48. The molecule has 0 atom stereocenters. The first kappa shape index (κ1) is 26.4. The van der Waals surface area contributed by atoms with E-state index in [0.29, 0.717) is 32.6 Å². The molecule has 2 saturated heterocycles.